The fourth-order valence-corrected chi connectivity index (χ4v) is 5.09. The highest BCUT2D eigenvalue weighted by Gasteiger charge is 2.37. The lowest BCUT2D eigenvalue weighted by Crippen LogP contribution is -2.38. The summed E-state index contributed by atoms with van der Waals surface area (Å²) >= 11 is 0. The summed E-state index contributed by atoms with van der Waals surface area (Å²) in [4.78, 5) is 42.8. The van der Waals surface area contributed by atoms with Gasteiger partial charge in [-0.15, -0.1) is 0 Å². The van der Waals surface area contributed by atoms with E-state index in [1.54, 1.807) is 49.1 Å². The molecule has 0 aliphatic carbocycles. The van der Waals surface area contributed by atoms with E-state index in [0.717, 1.165) is 25.2 Å². The number of esters is 1. The summed E-state index contributed by atoms with van der Waals surface area (Å²) in [5, 5.41) is 2.98. The predicted molar refractivity (Wildman–Crippen MR) is 138 cm³/mol. The predicted octanol–water partition coefficient (Wildman–Crippen LogP) is 4.00. The molecule has 2 aliphatic heterocycles. The number of allylic oxidation sites excluding steroid dienone is 1. The third-order valence-corrected chi connectivity index (χ3v) is 7.03. The number of nitrogens with one attached hydrogen (secondary N) is 1. The van der Waals surface area contributed by atoms with Crippen LogP contribution >= 0.6 is 0 Å². The SMILES string of the molecule is CCOC(=O)C1=C(C)N(Cc2cccc(C(=O)NCCN3CCCC3)c2)C(=O)CC1c1ccc(F)cc1. The number of halogens is 1. The molecule has 2 amide bonds. The Morgan fingerprint density at radius 1 is 1.11 bits per heavy atom. The number of carbonyl (C=O) groups excluding carboxylic acids is 3. The largest absolute Gasteiger partial charge is 0.463 e. The molecule has 1 atom stereocenters. The normalized spacial score (nSPS) is 18.3. The quantitative estimate of drug-likeness (QED) is 0.519. The number of nitrogens with zero attached hydrogens (tertiary/aromatic N) is 2. The average Bonchev–Trinajstić information content (AvgIpc) is 3.40. The van der Waals surface area contributed by atoms with Crippen LogP contribution in [-0.2, 0) is 20.9 Å². The van der Waals surface area contributed by atoms with Gasteiger partial charge in [0.1, 0.15) is 5.82 Å². The molecular formula is C29H34FN3O4. The number of ether oxygens (including phenoxy) is 1. The number of rotatable bonds is 9. The van der Waals surface area contributed by atoms with Crippen molar-refractivity contribution in [3.8, 4) is 0 Å². The monoisotopic (exact) mass is 507 g/mol. The van der Waals surface area contributed by atoms with Gasteiger partial charge in [0, 0.05) is 36.7 Å². The topological polar surface area (TPSA) is 79.0 Å². The van der Waals surface area contributed by atoms with Crippen molar-refractivity contribution in [1.82, 2.24) is 15.1 Å². The van der Waals surface area contributed by atoms with Crippen LogP contribution in [0.3, 0.4) is 0 Å². The molecule has 1 N–H and O–H groups in total. The van der Waals surface area contributed by atoms with E-state index in [0.29, 0.717) is 28.9 Å². The zero-order valence-electron chi connectivity index (χ0n) is 21.5. The molecule has 37 heavy (non-hydrogen) atoms. The lowest BCUT2D eigenvalue weighted by atomic mass is 9.83. The molecule has 2 aliphatic rings. The molecule has 2 aromatic carbocycles. The first kappa shape index (κ1) is 26.5. The molecular weight excluding hydrogens is 473 g/mol. The zero-order valence-corrected chi connectivity index (χ0v) is 21.5. The van der Waals surface area contributed by atoms with Gasteiger partial charge in [0.25, 0.3) is 5.91 Å². The van der Waals surface area contributed by atoms with Crippen molar-refractivity contribution in [2.24, 2.45) is 0 Å². The summed E-state index contributed by atoms with van der Waals surface area (Å²) in [6.45, 7) is 7.47. The van der Waals surface area contributed by atoms with E-state index in [9.17, 15) is 18.8 Å². The molecule has 2 aromatic rings. The molecule has 0 aromatic heterocycles. The summed E-state index contributed by atoms with van der Waals surface area (Å²) in [5.41, 5.74) is 2.89. The number of carbonyl (C=O) groups is 3. The fraction of sp³-hybridized carbons (Fsp3) is 0.414. The second kappa shape index (κ2) is 12.1. The Hall–Kier alpha value is -3.52. The van der Waals surface area contributed by atoms with Crippen LogP contribution in [0.15, 0.2) is 59.8 Å². The molecule has 1 unspecified atom stereocenters. The van der Waals surface area contributed by atoms with Crippen LogP contribution in [0.25, 0.3) is 0 Å². The molecule has 1 fully saturated rings. The van der Waals surface area contributed by atoms with E-state index in [1.165, 1.54) is 25.0 Å². The maximum atomic E-state index is 13.5. The van der Waals surface area contributed by atoms with Crippen molar-refractivity contribution in [2.45, 2.75) is 45.6 Å². The third-order valence-electron chi connectivity index (χ3n) is 7.03. The second-order valence-electron chi connectivity index (χ2n) is 9.51. The summed E-state index contributed by atoms with van der Waals surface area (Å²) in [6, 6.07) is 13.0. The number of hydrogen-bond acceptors (Lipinski definition) is 5. The summed E-state index contributed by atoms with van der Waals surface area (Å²) in [6.07, 6.45) is 2.48. The van der Waals surface area contributed by atoms with Crippen LogP contribution in [0.1, 0.15) is 60.5 Å². The first-order valence-corrected chi connectivity index (χ1v) is 12.9. The Labute approximate surface area is 217 Å². The Kier molecular flexibility index (Phi) is 8.71. The van der Waals surface area contributed by atoms with E-state index < -0.39 is 11.9 Å². The average molecular weight is 508 g/mol. The Bertz CT molecular complexity index is 1170. The van der Waals surface area contributed by atoms with Crippen LogP contribution in [0.4, 0.5) is 4.39 Å². The van der Waals surface area contributed by atoms with Crippen molar-refractivity contribution < 1.29 is 23.5 Å². The summed E-state index contributed by atoms with van der Waals surface area (Å²) < 4.78 is 18.8. The maximum Gasteiger partial charge on any atom is 0.336 e. The van der Waals surface area contributed by atoms with Gasteiger partial charge < -0.3 is 19.9 Å². The molecule has 0 saturated carbocycles. The molecule has 7 nitrogen and oxygen atoms in total. The lowest BCUT2D eigenvalue weighted by Gasteiger charge is -2.34. The minimum absolute atomic E-state index is 0.0633. The minimum atomic E-state index is -0.517. The Morgan fingerprint density at radius 3 is 2.54 bits per heavy atom. The van der Waals surface area contributed by atoms with Gasteiger partial charge in [-0.2, -0.15) is 0 Å². The number of likely N-dealkylation sites (tertiary alicyclic amines) is 1. The first-order chi connectivity index (χ1) is 17.9. The highest BCUT2D eigenvalue weighted by atomic mass is 19.1. The Balaban J connectivity index is 1.52. The van der Waals surface area contributed by atoms with Crippen LogP contribution in [0.2, 0.25) is 0 Å². The van der Waals surface area contributed by atoms with Gasteiger partial charge in [-0.05, 0) is 75.2 Å². The smallest absolute Gasteiger partial charge is 0.336 e. The molecule has 4 rings (SSSR count). The van der Waals surface area contributed by atoms with E-state index in [1.807, 2.05) is 6.07 Å². The number of benzene rings is 2. The van der Waals surface area contributed by atoms with E-state index in [-0.39, 0.29) is 37.2 Å². The van der Waals surface area contributed by atoms with Gasteiger partial charge >= 0.3 is 5.97 Å². The molecule has 196 valence electrons. The standard InChI is InChI=1S/C29H34FN3O4/c1-3-37-29(36)27-20(2)33(26(34)18-25(27)22-9-11-24(30)12-10-22)19-21-7-6-8-23(17-21)28(35)31-13-16-32-14-4-5-15-32/h6-12,17,25H,3-5,13-16,18-19H2,1-2H3,(H,31,35). The van der Waals surface area contributed by atoms with Crippen molar-refractivity contribution in [1.29, 1.82) is 0 Å². The lowest BCUT2D eigenvalue weighted by molar-refractivity contribution is -0.140. The molecule has 2 heterocycles. The van der Waals surface area contributed by atoms with Gasteiger partial charge in [-0.25, -0.2) is 9.18 Å². The molecule has 8 heteroatoms. The summed E-state index contributed by atoms with van der Waals surface area (Å²) in [7, 11) is 0. The minimum Gasteiger partial charge on any atom is -0.463 e. The zero-order chi connectivity index (χ0) is 26.4. The van der Waals surface area contributed by atoms with Crippen molar-refractivity contribution >= 4 is 17.8 Å². The molecule has 0 bridgehead atoms. The molecule has 0 spiro atoms. The van der Waals surface area contributed by atoms with Crippen LogP contribution in [-0.4, -0.2) is 60.4 Å². The Morgan fingerprint density at radius 2 is 1.84 bits per heavy atom. The van der Waals surface area contributed by atoms with Gasteiger partial charge in [-0.3, -0.25) is 9.59 Å². The van der Waals surface area contributed by atoms with E-state index in [4.69, 9.17) is 4.74 Å². The fourth-order valence-electron chi connectivity index (χ4n) is 5.09. The third kappa shape index (κ3) is 6.43. The van der Waals surface area contributed by atoms with Gasteiger partial charge in [0.2, 0.25) is 5.91 Å². The van der Waals surface area contributed by atoms with Crippen molar-refractivity contribution in [3.05, 3.63) is 82.3 Å². The number of hydrogen-bond donors (Lipinski definition) is 1. The second-order valence-corrected chi connectivity index (χ2v) is 9.51. The van der Waals surface area contributed by atoms with Gasteiger partial charge in [-0.1, -0.05) is 24.3 Å². The van der Waals surface area contributed by atoms with Crippen molar-refractivity contribution in [3.63, 3.8) is 0 Å². The summed E-state index contributed by atoms with van der Waals surface area (Å²) in [5.74, 6) is -1.69. The molecule has 1 saturated heterocycles. The molecule has 0 radical (unpaired) electrons. The van der Waals surface area contributed by atoms with Crippen LogP contribution < -0.4 is 5.32 Å². The number of amides is 2. The maximum absolute atomic E-state index is 13.5. The van der Waals surface area contributed by atoms with Crippen LogP contribution in [0, 0.1) is 5.82 Å². The van der Waals surface area contributed by atoms with Crippen LogP contribution in [0.5, 0.6) is 0 Å². The van der Waals surface area contributed by atoms with Gasteiger partial charge in [0.05, 0.1) is 18.7 Å². The van der Waals surface area contributed by atoms with Crippen molar-refractivity contribution in [2.75, 3.05) is 32.8 Å². The van der Waals surface area contributed by atoms with Gasteiger partial charge in [0.15, 0.2) is 0 Å². The van der Waals surface area contributed by atoms with E-state index >= 15 is 0 Å². The highest BCUT2D eigenvalue weighted by Crippen LogP contribution is 2.37. The first-order valence-electron chi connectivity index (χ1n) is 12.9. The van der Waals surface area contributed by atoms with E-state index in [2.05, 4.69) is 10.2 Å². The highest BCUT2D eigenvalue weighted by molar-refractivity contribution is 5.96.